The Balaban J connectivity index is 1.39. The molecule has 4 heterocycles. The van der Waals surface area contributed by atoms with Crippen molar-refractivity contribution in [3.05, 3.63) is 52.1 Å². The van der Waals surface area contributed by atoms with Crippen molar-refractivity contribution >= 4 is 27.5 Å². The minimum Gasteiger partial charge on any atom is -0.508 e. The van der Waals surface area contributed by atoms with Crippen LogP contribution in [0, 0.1) is 29.0 Å². The summed E-state index contributed by atoms with van der Waals surface area (Å²) in [5.74, 6) is 2.47. The van der Waals surface area contributed by atoms with Crippen LogP contribution < -0.4 is 20.5 Å². The molecule has 228 valence electrons. The second-order valence-corrected chi connectivity index (χ2v) is 13.3. The number of benzene rings is 2. The molecule has 0 radical (unpaired) electrons. The maximum absolute atomic E-state index is 14.9. The van der Waals surface area contributed by atoms with E-state index in [0.29, 0.717) is 50.8 Å². The second kappa shape index (κ2) is 10.5. The van der Waals surface area contributed by atoms with E-state index in [1.165, 1.54) is 22.8 Å². The molecule has 2 saturated heterocycles. The Labute approximate surface area is 255 Å². The van der Waals surface area contributed by atoms with Gasteiger partial charge in [0.15, 0.2) is 0 Å². The number of nitrogens with one attached hydrogen (secondary N) is 1. The summed E-state index contributed by atoms with van der Waals surface area (Å²) in [6.07, 6.45) is 9.94. The van der Waals surface area contributed by atoms with E-state index in [-0.39, 0.29) is 28.3 Å². The number of anilines is 1. The Bertz CT molecular complexity index is 1890. The molecule has 9 nitrogen and oxygen atoms in total. The van der Waals surface area contributed by atoms with E-state index in [9.17, 15) is 14.3 Å². The Hall–Kier alpha value is -4.20. The van der Waals surface area contributed by atoms with Crippen molar-refractivity contribution in [1.82, 2.24) is 24.8 Å². The van der Waals surface area contributed by atoms with Gasteiger partial charge in [-0.05, 0) is 74.8 Å². The molecule has 0 amide bonds. The minimum absolute atomic E-state index is 0.0228. The van der Waals surface area contributed by atoms with Crippen LogP contribution in [0.4, 0.5) is 10.2 Å². The molecule has 4 aromatic rings. The van der Waals surface area contributed by atoms with Crippen LogP contribution in [0.1, 0.15) is 31.2 Å². The number of hydrogen-bond donors (Lipinski definition) is 2. The SMILES string of the molecule is C#Cc1c(F)ccc2cc(O)cc(-c3cc4nc(OCC5(CN(C)C)CC5)nc(N5CCC6(CC5)CNC6)c4c(=O)n3C)c12. The molecular weight excluding hydrogens is 559 g/mol. The zero-order chi connectivity index (χ0) is 30.8. The highest BCUT2D eigenvalue weighted by Crippen LogP contribution is 2.46. The first-order chi connectivity index (χ1) is 21.1. The zero-order valence-electron chi connectivity index (χ0n) is 25.4. The van der Waals surface area contributed by atoms with Gasteiger partial charge in [-0.3, -0.25) is 4.79 Å². The molecule has 1 spiro atoms. The molecule has 1 saturated carbocycles. The normalized spacial score (nSPS) is 18.5. The van der Waals surface area contributed by atoms with Gasteiger partial charge in [0.25, 0.3) is 5.56 Å². The lowest BCUT2D eigenvalue weighted by Gasteiger charge is -2.48. The van der Waals surface area contributed by atoms with E-state index >= 15 is 0 Å². The van der Waals surface area contributed by atoms with Gasteiger partial charge < -0.3 is 29.5 Å². The predicted octanol–water partition coefficient (Wildman–Crippen LogP) is 3.89. The topological polar surface area (TPSA) is 95.8 Å². The van der Waals surface area contributed by atoms with Gasteiger partial charge in [0.2, 0.25) is 0 Å². The standard InChI is InChI=1S/C34H37FN6O3/c1-5-23-25(35)7-6-21-14-22(42)15-24(28(21)23)27-16-26-29(31(43)40(27)4)30(41-12-10-33(11-13-41)17-36-18-33)38-32(37-26)44-20-34(8-9-34)19-39(2)3/h1,6-7,14-16,36,42H,8-13,17-20H2,2-4H3. The number of pyridine rings is 1. The fourth-order valence-electron chi connectivity index (χ4n) is 7.02. The van der Waals surface area contributed by atoms with Crippen molar-refractivity contribution in [1.29, 1.82) is 0 Å². The molecule has 10 heteroatoms. The first-order valence-electron chi connectivity index (χ1n) is 15.2. The van der Waals surface area contributed by atoms with Crippen molar-refractivity contribution in [2.24, 2.45) is 17.9 Å². The van der Waals surface area contributed by atoms with Gasteiger partial charge in [0.05, 0.1) is 23.4 Å². The number of ether oxygens (including phenoxy) is 1. The Kier molecular flexibility index (Phi) is 6.79. The third kappa shape index (κ3) is 4.84. The maximum atomic E-state index is 14.9. The lowest BCUT2D eigenvalue weighted by atomic mass is 9.73. The van der Waals surface area contributed by atoms with Gasteiger partial charge in [0.1, 0.15) is 22.8 Å². The van der Waals surface area contributed by atoms with Gasteiger partial charge >= 0.3 is 6.01 Å². The predicted molar refractivity (Wildman–Crippen MR) is 170 cm³/mol. The first-order valence-corrected chi connectivity index (χ1v) is 15.2. The molecule has 44 heavy (non-hydrogen) atoms. The van der Waals surface area contributed by atoms with E-state index in [4.69, 9.17) is 21.1 Å². The monoisotopic (exact) mass is 596 g/mol. The minimum atomic E-state index is -0.547. The van der Waals surface area contributed by atoms with Crippen molar-refractivity contribution in [2.45, 2.75) is 25.7 Å². The number of halogens is 1. The fourth-order valence-corrected chi connectivity index (χ4v) is 7.02. The molecule has 0 bridgehead atoms. The van der Waals surface area contributed by atoms with Gasteiger partial charge in [-0.15, -0.1) is 6.42 Å². The molecule has 3 fully saturated rings. The number of phenolic OH excluding ortho intramolecular Hbond substituents is 1. The molecule has 1 aliphatic carbocycles. The molecule has 0 atom stereocenters. The van der Waals surface area contributed by atoms with Gasteiger partial charge in [0, 0.05) is 56.1 Å². The van der Waals surface area contributed by atoms with E-state index in [1.54, 1.807) is 19.2 Å². The number of phenols is 1. The number of hydrogen-bond acceptors (Lipinski definition) is 8. The summed E-state index contributed by atoms with van der Waals surface area (Å²) in [5.41, 5.74) is 1.50. The number of terminal acetylenes is 1. The van der Waals surface area contributed by atoms with Crippen LogP contribution in [0.25, 0.3) is 32.9 Å². The number of fused-ring (bicyclic) bond motifs is 2. The van der Waals surface area contributed by atoms with Crippen molar-refractivity contribution in [3.63, 3.8) is 0 Å². The van der Waals surface area contributed by atoms with Crippen LogP contribution in [0.5, 0.6) is 11.8 Å². The quantitative estimate of drug-likeness (QED) is 0.311. The van der Waals surface area contributed by atoms with Crippen LogP contribution in [-0.2, 0) is 7.05 Å². The van der Waals surface area contributed by atoms with Gasteiger partial charge in [-0.25, -0.2) is 4.39 Å². The van der Waals surface area contributed by atoms with E-state index < -0.39 is 5.82 Å². The Morgan fingerprint density at radius 1 is 1.11 bits per heavy atom. The molecule has 2 N–H and O–H groups in total. The maximum Gasteiger partial charge on any atom is 0.318 e. The number of piperidine rings is 1. The average Bonchev–Trinajstić information content (AvgIpc) is 3.75. The zero-order valence-corrected chi connectivity index (χ0v) is 25.4. The smallest absolute Gasteiger partial charge is 0.318 e. The summed E-state index contributed by atoms with van der Waals surface area (Å²) in [5, 5.41) is 15.5. The van der Waals surface area contributed by atoms with E-state index in [0.717, 1.165) is 58.4 Å². The third-order valence-corrected chi connectivity index (χ3v) is 9.76. The van der Waals surface area contributed by atoms with Crippen LogP contribution in [0.2, 0.25) is 0 Å². The number of aromatic nitrogens is 3. The van der Waals surface area contributed by atoms with Crippen molar-refractivity contribution in [3.8, 4) is 35.4 Å². The summed E-state index contributed by atoms with van der Waals surface area (Å²) < 4.78 is 22.7. The summed E-state index contributed by atoms with van der Waals surface area (Å²) in [7, 11) is 5.79. The highest BCUT2D eigenvalue weighted by Gasteiger charge is 2.44. The highest BCUT2D eigenvalue weighted by molar-refractivity contribution is 6.02. The second-order valence-electron chi connectivity index (χ2n) is 13.3. The Morgan fingerprint density at radius 3 is 2.50 bits per heavy atom. The van der Waals surface area contributed by atoms with Crippen LogP contribution in [0.15, 0.2) is 35.1 Å². The number of nitrogens with zero attached hydrogens (tertiary/aromatic N) is 5. The molecule has 3 aliphatic rings. The van der Waals surface area contributed by atoms with Gasteiger partial charge in [-0.1, -0.05) is 12.0 Å². The van der Waals surface area contributed by atoms with Crippen LogP contribution in [-0.4, -0.2) is 78.0 Å². The number of aromatic hydroxyl groups is 1. The summed E-state index contributed by atoms with van der Waals surface area (Å²) in [6.45, 7) is 5.02. The van der Waals surface area contributed by atoms with E-state index in [1.807, 2.05) is 0 Å². The summed E-state index contributed by atoms with van der Waals surface area (Å²) in [6, 6.07) is 7.93. The molecule has 2 aliphatic heterocycles. The molecule has 0 unspecified atom stereocenters. The molecular formula is C34H37FN6O3. The summed E-state index contributed by atoms with van der Waals surface area (Å²) in [4.78, 5) is 28.2. The largest absolute Gasteiger partial charge is 0.508 e. The van der Waals surface area contributed by atoms with Crippen molar-refractivity contribution < 1.29 is 14.2 Å². The van der Waals surface area contributed by atoms with Crippen LogP contribution in [0.3, 0.4) is 0 Å². The lowest BCUT2D eigenvalue weighted by molar-refractivity contribution is 0.126. The highest BCUT2D eigenvalue weighted by atomic mass is 19.1. The van der Waals surface area contributed by atoms with Crippen molar-refractivity contribution in [2.75, 3.05) is 58.3 Å². The Morgan fingerprint density at radius 2 is 1.86 bits per heavy atom. The molecule has 7 rings (SSSR count). The first kappa shape index (κ1) is 28.6. The fraction of sp³-hybridized carbons (Fsp3) is 0.441. The number of rotatable bonds is 7. The average molecular weight is 597 g/mol. The third-order valence-electron chi connectivity index (χ3n) is 9.76. The van der Waals surface area contributed by atoms with Gasteiger partial charge in [-0.2, -0.15) is 9.97 Å². The molecule has 2 aromatic heterocycles. The molecule has 2 aromatic carbocycles. The van der Waals surface area contributed by atoms with Crippen LogP contribution >= 0.6 is 0 Å². The summed E-state index contributed by atoms with van der Waals surface area (Å²) >= 11 is 0. The van der Waals surface area contributed by atoms with E-state index in [2.05, 4.69) is 35.1 Å². The lowest BCUT2D eigenvalue weighted by Crippen LogP contribution is -2.58.